The molecular formula is CH6OS2. The molecular weight excluding hydrogens is 92.1 g/mol. The van der Waals surface area contributed by atoms with Crippen molar-refractivity contribution in [2.45, 2.75) is 7.43 Å². The molecule has 0 unspecified atom stereocenters. The van der Waals surface area contributed by atoms with Crippen LogP contribution in [0, 0.1) is 0 Å². The van der Waals surface area contributed by atoms with Crippen LogP contribution in [-0.4, -0.2) is 0 Å². The van der Waals surface area contributed by atoms with E-state index in [9.17, 15) is 0 Å². The highest BCUT2D eigenvalue weighted by atomic mass is 32.2. The maximum atomic E-state index is 3.64. The first-order valence-electron chi connectivity index (χ1n) is 0.365. The molecule has 0 fully saturated rings. The maximum absolute atomic E-state index is 3.64. The first kappa shape index (κ1) is 8.82. The highest BCUT2D eigenvalue weighted by molar-refractivity contribution is 7.89. The second kappa shape index (κ2) is 9.40. The summed E-state index contributed by atoms with van der Waals surface area (Å²) in [5.41, 5.74) is 0. The van der Waals surface area contributed by atoms with Gasteiger partial charge in [0.1, 0.15) is 0 Å². The summed E-state index contributed by atoms with van der Waals surface area (Å²) < 4.78 is 3.64. The Morgan fingerprint density at radius 3 is 1.25 bits per heavy atom. The summed E-state index contributed by atoms with van der Waals surface area (Å²) in [4.78, 5) is 0. The standard InChI is InChI=1S/CH4.H2OS2/c;2-1-3/h1H4;2-3H. The van der Waals surface area contributed by atoms with E-state index in [2.05, 4.69) is 29.4 Å². The minimum atomic E-state index is 0. The van der Waals surface area contributed by atoms with Gasteiger partial charge in [0.15, 0.2) is 0 Å². The lowest BCUT2D eigenvalue weighted by Crippen LogP contribution is -1.17. The van der Waals surface area contributed by atoms with E-state index in [-0.39, 0.29) is 7.43 Å². The molecule has 0 atom stereocenters. The minimum Gasteiger partial charge on any atom is -0.254 e. The Morgan fingerprint density at radius 1 is 1.25 bits per heavy atom. The fraction of sp³-hybridized carbons (Fsp3) is 1.00. The van der Waals surface area contributed by atoms with Crippen LogP contribution in [0.4, 0.5) is 0 Å². The van der Waals surface area contributed by atoms with Crippen LogP contribution in [0.25, 0.3) is 0 Å². The van der Waals surface area contributed by atoms with Crippen LogP contribution in [0.2, 0.25) is 0 Å². The monoisotopic (exact) mass is 98.0 g/mol. The van der Waals surface area contributed by atoms with E-state index in [4.69, 9.17) is 0 Å². The van der Waals surface area contributed by atoms with E-state index in [1.165, 1.54) is 0 Å². The SMILES string of the molecule is C.SOS. The van der Waals surface area contributed by atoms with E-state index >= 15 is 0 Å². The van der Waals surface area contributed by atoms with Crippen LogP contribution in [0.15, 0.2) is 0 Å². The fourth-order valence-corrected chi connectivity index (χ4v) is 0. The zero-order valence-electron chi connectivity index (χ0n) is 1.30. The predicted molar refractivity (Wildman–Crippen MR) is 25.8 cm³/mol. The second-order valence-electron chi connectivity index (χ2n) is 0.0816. The van der Waals surface area contributed by atoms with Gasteiger partial charge in [-0.2, -0.15) is 0 Å². The fourth-order valence-electron chi connectivity index (χ4n) is 0. The Hall–Kier alpha value is 0.660. The maximum Gasteiger partial charge on any atom is -0.00944 e. The lowest BCUT2D eigenvalue weighted by atomic mass is 12.0. The molecule has 28 valence electrons. The average molecular weight is 98.2 g/mol. The Morgan fingerprint density at radius 2 is 1.25 bits per heavy atom. The molecule has 3 heteroatoms. The third-order valence-corrected chi connectivity index (χ3v) is 0. The van der Waals surface area contributed by atoms with Crippen LogP contribution in [0.1, 0.15) is 7.43 Å². The van der Waals surface area contributed by atoms with Crippen molar-refractivity contribution in [3.63, 3.8) is 0 Å². The number of hydrogen-bond acceptors (Lipinski definition) is 3. The quantitative estimate of drug-likeness (QED) is 0.343. The van der Waals surface area contributed by atoms with Crippen molar-refractivity contribution in [2.24, 2.45) is 0 Å². The molecule has 0 aromatic carbocycles. The number of hydrogen-bond donors (Lipinski definition) is 2. The second-order valence-corrected chi connectivity index (χ2v) is 0.735. The van der Waals surface area contributed by atoms with Gasteiger partial charge in [-0.3, -0.25) is 3.63 Å². The summed E-state index contributed by atoms with van der Waals surface area (Å²) in [6, 6.07) is 0. The van der Waals surface area contributed by atoms with E-state index in [0.717, 1.165) is 0 Å². The minimum absolute atomic E-state index is 0. The summed E-state index contributed by atoms with van der Waals surface area (Å²) in [5.74, 6) is 0. The van der Waals surface area contributed by atoms with Crippen molar-refractivity contribution in [3.05, 3.63) is 0 Å². The van der Waals surface area contributed by atoms with Crippen LogP contribution in [0.5, 0.6) is 0 Å². The zero-order valence-corrected chi connectivity index (χ0v) is 3.09. The predicted octanol–water partition coefficient (Wildman–Crippen LogP) is 1.33. The molecule has 0 aliphatic carbocycles. The Kier molecular flexibility index (Phi) is 20.7. The van der Waals surface area contributed by atoms with Gasteiger partial charge in [-0.05, 0) is 25.8 Å². The van der Waals surface area contributed by atoms with Crippen molar-refractivity contribution in [1.82, 2.24) is 0 Å². The van der Waals surface area contributed by atoms with Crippen LogP contribution < -0.4 is 0 Å². The summed E-state index contributed by atoms with van der Waals surface area (Å²) in [6.45, 7) is 0. The molecule has 4 heavy (non-hydrogen) atoms. The molecule has 0 bridgehead atoms. The van der Waals surface area contributed by atoms with Gasteiger partial charge in [0.2, 0.25) is 0 Å². The molecule has 0 N–H and O–H groups in total. The zero-order chi connectivity index (χ0) is 2.71. The molecule has 0 saturated carbocycles. The van der Waals surface area contributed by atoms with Crippen LogP contribution in [0.3, 0.4) is 0 Å². The lowest BCUT2D eigenvalue weighted by molar-refractivity contribution is 0.791. The average Bonchev–Trinajstić information content (AvgIpc) is 0.918. The highest BCUT2D eigenvalue weighted by Crippen LogP contribution is 1.75. The lowest BCUT2D eigenvalue weighted by Gasteiger charge is -1.55. The third-order valence-electron chi connectivity index (χ3n) is 0. The van der Waals surface area contributed by atoms with Gasteiger partial charge in [0.25, 0.3) is 0 Å². The van der Waals surface area contributed by atoms with Gasteiger partial charge in [0.05, 0.1) is 0 Å². The molecule has 0 aromatic rings. The molecule has 0 aliphatic rings. The molecule has 0 saturated heterocycles. The van der Waals surface area contributed by atoms with E-state index in [0.29, 0.717) is 0 Å². The molecule has 0 radical (unpaired) electrons. The van der Waals surface area contributed by atoms with Crippen molar-refractivity contribution in [2.75, 3.05) is 0 Å². The summed E-state index contributed by atoms with van der Waals surface area (Å²) in [6.07, 6.45) is 0. The van der Waals surface area contributed by atoms with Crippen molar-refractivity contribution in [3.8, 4) is 0 Å². The molecule has 0 amide bonds. The van der Waals surface area contributed by atoms with Gasteiger partial charge in [-0.25, -0.2) is 0 Å². The van der Waals surface area contributed by atoms with Gasteiger partial charge >= 0.3 is 0 Å². The largest absolute Gasteiger partial charge is 0.254 e. The Bertz CT molecular complexity index is 6.00. The molecule has 0 aliphatic heterocycles. The van der Waals surface area contributed by atoms with E-state index in [1.54, 1.807) is 0 Å². The van der Waals surface area contributed by atoms with E-state index in [1.807, 2.05) is 0 Å². The summed E-state index contributed by atoms with van der Waals surface area (Å²) in [5, 5.41) is 0. The normalized spacial score (nSPS) is 4.50. The Labute approximate surface area is 37.6 Å². The van der Waals surface area contributed by atoms with Gasteiger partial charge < -0.3 is 0 Å². The Balaban J connectivity index is 0. The first-order chi connectivity index (χ1) is 1.41. The summed E-state index contributed by atoms with van der Waals surface area (Å²) >= 11 is 6.31. The topological polar surface area (TPSA) is 9.23 Å². The van der Waals surface area contributed by atoms with Gasteiger partial charge in [0, 0.05) is 0 Å². The summed E-state index contributed by atoms with van der Waals surface area (Å²) in [7, 11) is 0. The number of rotatable bonds is 0. The van der Waals surface area contributed by atoms with Crippen LogP contribution >= 0.6 is 25.8 Å². The van der Waals surface area contributed by atoms with Gasteiger partial charge in [-0.15, -0.1) is 0 Å². The molecule has 0 aromatic heterocycles. The molecule has 0 rings (SSSR count). The van der Waals surface area contributed by atoms with Crippen molar-refractivity contribution >= 4 is 25.8 Å². The smallest absolute Gasteiger partial charge is 0.00944 e. The molecule has 1 nitrogen and oxygen atoms in total. The first-order valence-corrected chi connectivity index (χ1v) is 1.10. The van der Waals surface area contributed by atoms with Crippen LogP contribution in [-0.2, 0) is 3.63 Å². The van der Waals surface area contributed by atoms with E-state index < -0.39 is 0 Å². The number of thiol groups is 2. The highest BCUT2D eigenvalue weighted by Gasteiger charge is 1.29. The molecule has 0 spiro atoms. The van der Waals surface area contributed by atoms with Gasteiger partial charge in [-0.1, -0.05) is 7.43 Å². The molecule has 0 heterocycles. The third kappa shape index (κ3) is 16.8. The van der Waals surface area contributed by atoms with Crippen molar-refractivity contribution in [1.29, 1.82) is 0 Å². The van der Waals surface area contributed by atoms with Crippen molar-refractivity contribution < 1.29 is 3.63 Å².